The number of unbranched alkanes of at least 4 members (excludes halogenated alkanes) is 40. The summed E-state index contributed by atoms with van der Waals surface area (Å²) < 4.78 is 16.9. The minimum Gasteiger partial charge on any atom is -0.462 e. The number of carbonyl (C=O) groups excluding carboxylic acids is 3. The second-order valence-electron chi connectivity index (χ2n) is 21.7. The Morgan fingerprint density at radius 2 is 0.534 bits per heavy atom. The van der Waals surface area contributed by atoms with Crippen molar-refractivity contribution in [3.8, 4) is 0 Å². The van der Waals surface area contributed by atoms with Crippen LogP contribution in [0.1, 0.15) is 342 Å². The molecule has 0 aromatic rings. The maximum atomic E-state index is 12.9. The van der Waals surface area contributed by atoms with Crippen LogP contribution < -0.4 is 0 Å². The van der Waals surface area contributed by atoms with Gasteiger partial charge in [-0.3, -0.25) is 14.4 Å². The smallest absolute Gasteiger partial charge is 0.306 e. The molecule has 0 aliphatic rings. The lowest BCUT2D eigenvalue weighted by Gasteiger charge is -2.18. The summed E-state index contributed by atoms with van der Waals surface area (Å²) >= 11 is 0. The lowest BCUT2D eigenvalue weighted by Crippen LogP contribution is -2.30. The van der Waals surface area contributed by atoms with Crippen molar-refractivity contribution in [2.45, 2.75) is 348 Å². The number of allylic oxidation sites excluding steroid dienone is 8. The molecular weight excluding hydrogens is 901 g/mol. The van der Waals surface area contributed by atoms with E-state index in [-0.39, 0.29) is 31.1 Å². The topological polar surface area (TPSA) is 78.9 Å². The third-order valence-corrected chi connectivity index (χ3v) is 14.3. The molecule has 0 saturated carbocycles. The summed E-state index contributed by atoms with van der Waals surface area (Å²) in [7, 11) is 0. The Bertz CT molecular complexity index is 1270. The molecule has 0 spiro atoms. The van der Waals surface area contributed by atoms with Crippen LogP contribution in [-0.4, -0.2) is 37.2 Å². The average Bonchev–Trinajstić information content (AvgIpc) is 3.39. The fourth-order valence-electron chi connectivity index (χ4n) is 9.56. The largest absolute Gasteiger partial charge is 0.462 e. The van der Waals surface area contributed by atoms with Gasteiger partial charge in [-0.15, -0.1) is 0 Å². The Morgan fingerprint density at radius 1 is 0.288 bits per heavy atom. The van der Waals surface area contributed by atoms with E-state index in [4.69, 9.17) is 14.2 Å². The van der Waals surface area contributed by atoms with Crippen LogP contribution in [0.3, 0.4) is 0 Å². The Hall–Kier alpha value is -2.63. The van der Waals surface area contributed by atoms with Crippen molar-refractivity contribution in [1.82, 2.24) is 0 Å². The number of hydrogen-bond donors (Lipinski definition) is 0. The predicted molar refractivity (Wildman–Crippen MR) is 316 cm³/mol. The Balaban J connectivity index is 4.21. The van der Waals surface area contributed by atoms with Gasteiger partial charge in [0.1, 0.15) is 13.2 Å². The van der Waals surface area contributed by atoms with Crippen molar-refractivity contribution >= 4 is 17.9 Å². The molecule has 0 N–H and O–H groups in total. The van der Waals surface area contributed by atoms with Crippen molar-refractivity contribution < 1.29 is 28.6 Å². The molecule has 0 aliphatic heterocycles. The van der Waals surface area contributed by atoms with E-state index < -0.39 is 6.10 Å². The molecule has 0 rings (SSSR count). The van der Waals surface area contributed by atoms with Gasteiger partial charge in [-0.2, -0.15) is 0 Å². The van der Waals surface area contributed by atoms with Gasteiger partial charge < -0.3 is 14.2 Å². The first-order chi connectivity index (χ1) is 36.0. The van der Waals surface area contributed by atoms with E-state index in [1.165, 1.54) is 218 Å². The minimum absolute atomic E-state index is 0.0692. The highest BCUT2D eigenvalue weighted by atomic mass is 16.6. The maximum Gasteiger partial charge on any atom is 0.306 e. The molecule has 6 heteroatoms. The van der Waals surface area contributed by atoms with Crippen LogP contribution in [-0.2, 0) is 28.6 Å². The van der Waals surface area contributed by atoms with E-state index in [9.17, 15) is 14.4 Å². The number of carbonyl (C=O) groups is 3. The Labute approximate surface area is 454 Å². The van der Waals surface area contributed by atoms with Crippen LogP contribution in [0.4, 0.5) is 0 Å². The van der Waals surface area contributed by atoms with Crippen molar-refractivity contribution in [3.05, 3.63) is 48.6 Å². The highest BCUT2D eigenvalue weighted by molar-refractivity contribution is 5.71. The first-order valence-electron chi connectivity index (χ1n) is 32.1. The van der Waals surface area contributed by atoms with Crippen LogP contribution in [0.5, 0.6) is 0 Å². The SMILES string of the molecule is CC/C=C\C/C=C\C/C=C\C/C=C\CCCCCCCCCCCCC(=O)OCC(COC(=O)CCCCCCCCCCCC)OC(=O)CCCCCCCCCCCCCCCCCCCCCCCC. The molecule has 1 unspecified atom stereocenters. The van der Waals surface area contributed by atoms with Gasteiger partial charge in [-0.1, -0.05) is 313 Å². The molecule has 0 heterocycles. The normalized spacial score (nSPS) is 12.3. The van der Waals surface area contributed by atoms with E-state index in [0.29, 0.717) is 19.3 Å². The van der Waals surface area contributed by atoms with Crippen LogP contribution in [0, 0.1) is 0 Å². The highest BCUT2D eigenvalue weighted by Gasteiger charge is 2.19. The molecule has 0 fully saturated rings. The molecule has 1 atom stereocenters. The molecule has 0 bridgehead atoms. The van der Waals surface area contributed by atoms with Crippen LogP contribution in [0.15, 0.2) is 48.6 Å². The first kappa shape index (κ1) is 70.4. The molecule has 426 valence electrons. The van der Waals surface area contributed by atoms with Gasteiger partial charge in [-0.25, -0.2) is 0 Å². The molecule has 0 saturated heterocycles. The standard InChI is InChI=1S/C67H122O6/c1-4-7-10-13-16-19-22-24-26-28-30-32-34-36-37-39-41-43-45-48-51-54-57-60-66(69)72-63-64(62-71-65(68)59-56-53-50-47-21-18-15-12-9-6-3)73-67(70)61-58-55-52-49-46-44-42-40-38-35-33-31-29-27-25-23-20-17-14-11-8-5-2/h7,10,16,19,24,26,30,32,64H,4-6,8-9,11-15,17-18,20-23,25,27-29,31,33-63H2,1-3H3/b10-7-,19-16-,26-24-,32-30-. The van der Waals surface area contributed by atoms with E-state index in [2.05, 4.69) is 69.4 Å². The van der Waals surface area contributed by atoms with E-state index in [0.717, 1.165) is 83.5 Å². The zero-order valence-electron chi connectivity index (χ0n) is 48.9. The van der Waals surface area contributed by atoms with Crippen molar-refractivity contribution in [2.75, 3.05) is 13.2 Å². The predicted octanol–water partition coefficient (Wildman–Crippen LogP) is 21.8. The van der Waals surface area contributed by atoms with Crippen LogP contribution >= 0.6 is 0 Å². The zero-order chi connectivity index (χ0) is 52.9. The fraction of sp³-hybridized carbons (Fsp3) is 0.836. The molecule has 6 nitrogen and oxygen atoms in total. The van der Waals surface area contributed by atoms with Gasteiger partial charge >= 0.3 is 17.9 Å². The summed E-state index contributed by atoms with van der Waals surface area (Å²) in [4.78, 5) is 38.2. The second-order valence-corrected chi connectivity index (χ2v) is 21.7. The van der Waals surface area contributed by atoms with Gasteiger partial charge in [0.25, 0.3) is 0 Å². The minimum atomic E-state index is -0.771. The monoisotopic (exact) mass is 1020 g/mol. The summed E-state index contributed by atoms with van der Waals surface area (Å²) in [5, 5.41) is 0. The van der Waals surface area contributed by atoms with Gasteiger partial charge in [-0.05, 0) is 57.8 Å². The highest BCUT2D eigenvalue weighted by Crippen LogP contribution is 2.18. The van der Waals surface area contributed by atoms with Crippen LogP contribution in [0.2, 0.25) is 0 Å². The van der Waals surface area contributed by atoms with Crippen molar-refractivity contribution in [3.63, 3.8) is 0 Å². The van der Waals surface area contributed by atoms with Gasteiger partial charge in [0.05, 0.1) is 0 Å². The number of hydrogen-bond acceptors (Lipinski definition) is 6. The molecule has 0 aliphatic carbocycles. The first-order valence-corrected chi connectivity index (χ1v) is 32.1. The van der Waals surface area contributed by atoms with Gasteiger partial charge in [0, 0.05) is 19.3 Å². The Kier molecular flexibility index (Phi) is 59.7. The van der Waals surface area contributed by atoms with Crippen LogP contribution in [0.25, 0.3) is 0 Å². The summed E-state index contributed by atoms with van der Waals surface area (Å²) in [5.41, 5.74) is 0. The van der Waals surface area contributed by atoms with Gasteiger partial charge in [0.15, 0.2) is 6.10 Å². The summed E-state index contributed by atoms with van der Waals surface area (Å²) in [6.45, 7) is 6.57. The van der Waals surface area contributed by atoms with Gasteiger partial charge in [0.2, 0.25) is 0 Å². The summed E-state index contributed by atoms with van der Waals surface area (Å²) in [6, 6.07) is 0. The molecule has 0 amide bonds. The van der Waals surface area contributed by atoms with Crippen molar-refractivity contribution in [1.29, 1.82) is 0 Å². The summed E-state index contributed by atoms with van der Waals surface area (Å²) in [6.07, 6.45) is 77.0. The third kappa shape index (κ3) is 60.1. The number of esters is 3. The Morgan fingerprint density at radius 3 is 0.836 bits per heavy atom. The number of rotatable bonds is 59. The second kappa shape index (κ2) is 61.9. The maximum absolute atomic E-state index is 12.9. The molecule has 0 aromatic carbocycles. The molecule has 73 heavy (non-hydrogen) atoms. The lowest BCUT2D eigenvalue weighted by molar-refractivity contribution is -0.167. The number of ether oxygens (including phenoxy) is 3. The quantitative estimate of drug-likeness (QED) is 0.0261. The molecular formula is C67H122O6. The zero-order valence-corrected chi connectivity index (χ0v) is 48.9. The lowest BCUT2D eigenvalue weighted by atomic mass is 10.0. The van der Waals surface area contributed by atoms with Crippen molar-refractivity contribution in [2.24, 2.45) is 0 Å². The third-order valence-electron chi connectivity index (χ3n) is 14.3. The molecule has 0 radical (unpaired) electrons. The molecule has 0 aromatic heterocycles. The van der Waals surface area contributed by atoms with E-state index >= 15 is 0 Å². The summed E-state index contributed by atoms with van der Waals surface area (Å²) in [5.74, 6) is -0.853. The van der Waals surface area contributed by atoms with E-state index in [1.54, 1.807) is 0 Å². The fourth-order valence-corrected chi connectivity index (χ4v) is 9.56. The average molecular weight is 1020 g/mol. The van der Waals surface area contributed by atoms with E-state index in [1.807, 2.05) is 0 Å².